The van der Waals surface area contributed by atoms with Gasteiger partial charge in [-0.3, -0.25) is 0 Å². The van der Waals surface area contributed by atoms with Crippen molar-refractivity contribution < 1.29 is 9.15 Å². The third-order valence-electron chi connectivity index (χ3n) is 3.42. The van der Waals surface area contributed by atoms with E-state index >= 15 is 0 Å². The maximum Gasteiger partial charge on any atom is 0.319 e. The van der Waals surface area contributed by atoms with Gasteiger partial charge in [0.2, 0.25) is 0 Å². The number of piperazine rings is 1. The Kier molecular flexibility index (Phi) is 3.32. The van der Waals surface area contributed by atoms with Crippen molar-refractivity contribution in [1.82, 2.24) is 10.2 Å². The highest BCUT2D eigenvalue weighted by molar-refractivity contribution is 5.50. The molecule has 0 aliphatic carbocycles. The number of aromatic nitrogens is 2. The molecular formula is C13H17N5O2. The first-order chi connectivity index (χ1) is 9.76. The van der Waals surface area contributed by atoms with Crippen LogP contribution in [0.15, 0.2) is 28.7 Å². The fourth-order valence-corrected chi connectivity index (χ4v) is 2.30. The van der Waals surface area contributed by atoms with Gasteiger partial charge < -0.3 is 24.7 Å². The van der Waals surface area contributed by atoms with Crippen LogP contribution in [0.3, 0.4) is 0 Å². The molecule has 0 saturated carbocycles. The zero-order valence-corrected chi connectivity index (χ0v) is 11.3. The molecule has 2 N–H and O–H groups in total. The monoisotopic (exact) mass is 275 g/mol. The minimum absolute atomic E-state index is 0.109. The third kappa shape index (κ3) is 2.47. The van der Waals surface area contributed by atoms with Gasteiger partial charge in [-0.2, -0.15) is 0 Å². The Morgan fingerprint density at radius 3 is 2.25 bits per heavy atom. The Morgan fingerprint density at radius 1 is 1.05 bits per heavy atom. The molecule has 3 rings (SSSR count). The lowest BCUT2D eigenvalue weighted by Crippen LogP contribution is -2.46. The first-order valence-electron chi connectivity index (χ1n) is 6.49. The van der Waals surface area contributed by atoms with Crippen molar-refractivity contribution in [2.45, 2.75) is 0 Å². The molecule has 0 unspecified atom stereocenters. The number of rotatable bonds is 3. The van der Waals surface area contributed by atoms with Crippen LogP contribution in [0.25, 0.3) is 0 Å². The summed E-state index contributed by atoms with van der Waals surface area (Å²) < 4.78 is 10.4. The molecule has 20 heavy (non-hydrogen) atoms. The van der Waals surface area contributed by atoms with Crippen molar-refractivity contribution >= 4 is 17.7 Å². The minimum Gasteiger partial charge on any atom is -0.497 e. The summed E-state index contributed by atoms with van der Waals surface area (Å²) in [7, 11) is 1.67. The van der Waals surface area contributed by atoms with Gasteiger partial charge in [0.05, 0.1) is 7.11 Å². The summed E-state index contributed by atoms with van der Waals surface area (Å²) in [6.45, 7) is 3.45. The van der Waals surface area contributed by atoms with Crippen LogP contribution in [0, 0.1) is 0 Å². The molecule has 0 bridgehead atoms. The third-order valence-corrected chi connectivity index (χ3v) is 3.42. The second kappa shape index (κ2) is 5.28. The summed E-state index contributed by atoms with van der Waals surface area (Å²) >= 11 is 0. The highest BCUT2D eigenvalue weighted by atomic mass is 16.5. The molecule has 2 heterocycles. The minimum atomic E-state index is 0.109. The molecule has 2 aromatic rings. The SMILES string of the molecule is COc1ccc(N2CCN(c3nnc(N)o3)CC2)cc1. The van der Waals surface area contributed by atoms with Crippen LogP contribution in [-0.2, 0) is 0 Å². The molecule has 1 aliphatic rings. The van der Waals surface area contributed by atoms with E-state index in [-0.39, 0.29) is 6.01 Å². The molecule has 106 valence electrons. The second-order valence-electron chi connectivity index (χ2n) is 4.59. The maximum absolute atomic E-state index is 5.44. The van der Waals surface area contributed by atoms with E-state index in [1.54, 1.807) is 7.11 Å². The maximum atomic E-state index is 5.44. The van der Waals surface area contributed by atoms with Crippen LogP contribution >= 0.6 is 0 Å². The van der Waals surface area contributed by atoms with Crippen LogP contribution in [0.1, 0.15) is 0 Å². The molecule has 7 nitrogen and oxygen atoms in total. The number of nitrogens with two attached hydrogens (primary N) is 1. The van der Waals surface area contributed by atoms with Crippen molar-refractivity contribution in [2.24, 2.45) is 0 Å². The predicted octanol–water partition coefficient (Wildman–Crippen LogP) is 0.987. The lowest BCUT2D eigenvalue weighted by molar-refractivity contribution is 0.415. The highest BCUT2D eigenvalue weighted by Gasteiger charge is 2.21. The van der Waals surface area contributed by atoms with E-state index in [2.05, 4.69) is 27.2 Å². The Labute approximate surface area is 116 Å². The molecule has 1 aliphatic heterocycles. The Morgan fingerprint density at radius 2 is 1.70 bits per heavy atom. The zero-order chi connectivity index (χ0) is 13.9. The molecular weight excluding hydrogens is 258 g/mol. The van der Waals surface area contributed by atoms with Gasteiger partial charge in [-0.15, -0.1) is 0 Å². The standard InChI is InChI=1S/C13H17N5O2/c1-19-11-4-2-10(3-5-11)17-6-8-18(9-7-17)13-16-15-12(14)20-13/h2-5H,6-9H2,1H3,(H2,14,15). The van der Waals surface area contributed by atoms with Crippen LogP contribution in [-0.4, -0.2) is 43.5 Å². The summed E-state index contributed by atoms with van der Waals surface area (Å²) in [5.74, 6) is 0.869. The van der Waals surface area contributed by atoms with Crippen molar-refractivity contribution in [2.75, 3.05) is 48.8 Å². The average Bonchev–Trinajstić information content (AvgIpc) is 2.94. The van der Waals surface area contributed by atoms with Crippen molar-refractivity contribution in [3.8, 4) is 5.75 Å². The topological polar surface area (TPSA) is 80.7 Å². The number of anilines is 3. The normalized spacial score (nSPS) is 15.4. The van der Waals surface area contributed by atoms with Gasteiger partial charge in [-0.1, -0.05) is 10.2 Å². The van der Waals surface area contributed by atoms with Gasteiger partial charge in [0.15, 0.2) is 0 Å². The molecule has 1 aromatic carbocycles. The molecule has 0 amide bonds. The van der Waals surface area contributed by atoms with Crippen LogP contribution in [0.2, 0.25) is 0 Å². The van der Waals surface area contributed by atoms with E-state index in [1.807, 2.05) is 17.0 Å². The average molecular weight is 275 g/mol. The van der Waals surface area contributed by atoms with Gasteiger partial charge >= 0.3 is 12.0 Å². The van der Waals surface area contributed by atoms with E-state index in [4.69, 9.17) is 14.9 Å². The fraction of sp³-hybridized carbons (Fsp3) is 0.385. The van der Waals surface area contributed by atoms with Crippen LogP contribution in [0.4, 0.5) is 17.7 Å². The number of nitrogen functional groups attached to an aromatic ring is 1. The fourth-order valence-electron chi connectivity index (χ4n) is 2.30. The second-order valence-corrected chi connectivity index (χ2v) is 4.59. The van der Waals surface area contributed by atoms with Gasteiger partial charge in [0.1, 0.15) is 5.75 Å². The Balaban J connectivity index is 1.63. The molecule has 0 radical (unpaired) electrons. The first kappa shape index (κ1) is 12.6. The summed E-state index contributed by atoms with van der Waals surface area (Å²) in [6.07, 6.45) is 0. The first-order valence-corrected chi connectivity index (χ1v) is 6.49. The number of hydrogen-bond acceptors (Lipinski definition) is 7. The van der Waals surface area contributed by atoms with E-state index in [1.165, 1.54) is 5.69 Å². The predicted molar refractivity (Wildman–Crippen MR) is 76.1 cm³/mol. The number of methoxy groups -OCH3 is 1. The van der Waals surface area contributed by atoms with Gasteiger partial charge in [0.25, 0.3) is 0 Å². The Bertz CT molecular complexity index is 560. The van der Waals surface area contributed by atoms with E-state index < -0.39 is 0 Å². The molecule has 1 fully saturated rings. The summed E-state index contributed by atoms with van der Waals surface area (Å²) in [5, 5.41) is 7.59. The van der Waals surface area contributed by atoms with Gasteiger partial charge in [0, 0.05) is 31.9 Å². The number of nitrogens with zero attached hydrogens (tertiary/aromatic N) is 4. The highest BCUT2D eigenvalue weighted by Crippen LogP contribution is 2.22. The molecule has 0 spiro atoms. The molecule has 0 atom stereocenters. The van der Waals surface area contributed by atoms with Crippen molar-refractivity contribution in [1.29, 1.82) is 0 Å². The number of benzene rings is 1. The zero-order valence-electron chi connectivity index (χ0n) is 11.3. The molecule has 7 heteroatoms. The number of hydrogen-bond donors (Lipinski definition) is 1. The largest absolute Gasteiger partial charge is 0.497 e. The van der Waals surface area contributed by atoms with Crippen molar-refractivity contribution in [3.05, 3.63) is 24.3 Å². The molecule has 1 saturated heterocycles. The van der Waals surface area contributed by atoms with Crippen LogP contribution in [0.5, 0.6) is 5.75 Å². The molecule has 1 aromatic heterocycles. The van der Waals surface area contributed by atoms with E-state index in [9.17, 15) is 0 Å². The Hall–Kier alpha value is -2.44. The van der Waals surface area contributed by atoms with Crippen LogP contribution < -0.4 is 20.3 Å². The smallest absolute Gasteiger partial charge is 0.319 e. The summed E-state index contributed by atoms with van der Waals surface area (Å²) in [4.78, 5) is 4.36. The lowest BCUT2D eigenvalue weighted by Gasteiger charge is -2.35. The number of ether oxygens (including phenoxy) is 1. The summed E-state index contributed by atoms with van der Waals surface area (Å²) in [5.41, 5.74) is 6.63. The summed E-state index contributed by atoms with van der Waals surface area (Å²) in [6, 6.07) is 8.69. The van der Waals surface area contributed by atoms with Gasteiger partial charge in [-0.05, 0) is 24.3 Å². The lowest BCUT2D eigenvalue weighted by atomic mass is 10.2. The van der Waals surface area contributed by atoms with Crippen molar-refractivity contribution in [3.63, 3.8) is 0 Å². The van der Waals surface area contributed by atoms with E-state index in [0.717, 1.165) is 31.9 Å². The van der Waals surface area contributed by atoms with Gasteiger partial charge in [-0.25, -0.2) is 0 Å². The van der Waals surface area contributed by atoms with E-state index in [0.29, 0.717) is 6.01 Å². The quantitative estimate of drug-likeness (QED) is 0.894.